The van der Waals surface area contributed by atoms with Gasteiger partial charge in [0.25, 0.3) is 5.91 Å². The zero-order valence-corrected chi connectivity index (χ0v) is 15.8. The van der Waals surface area contributed by atoms with E-state index in [1.54, 1.807) is 19.5 Å². The Morgan fingerprint density at radius 1 is 1.33 bits per heavy atom. The molecule has 0 saturated carbocycles. The average Bonchev–Trinajstić information content (AvgIpc) is 3.15. The molecule has 3 aromatic rings. The summed E-state index contributed by atoms with van der Waals surface area (Å²) < 4.78 is 23.3. The fourth-order valence-electron chi connectivity index (χ4n) is 3.94. The molecule has 0 aliphatic carbocycles. The first-order valence-corrected chi connectivity index (χ1v) is 9.07. The van der Waals surface area contributed by atoms with Gasteiger partial charge >= 0.3 is 0 Å². The minimum absolute atomic E-state index is 0.0571. The Bertz CT molecular complexity index is 1020. The van der Waals surface area contributed by atoms with Gasteiger partial charge in [-0.25, -0.2) is 9.37 Å². The summed E-state index contributed by atoms with van der Waals surface area (Å²) in [4.78, 5) is 19.5. The summed E-state index contributed by atoms with van der Waals surface area (Å²) in [7, 11) is 3.50. The van der Waals surface area contributed by atoms with E-state index in [4.69, 9.17) is 4.74 Å². The zero-order valence-electron chi connectivity index (χ0n) is 15.8. The third-order valence-electron chi connectivity index (χ3n) is 5.48. The van der Waals surface area contributed by atoms with Crippen LogP contribution < -0.4 is 0 Å². The Morgan fingerprint density at radius 2 is 2.15 bits per heavy atom. The summed E-state index contributed by atoms with van der Waals surface area (Å²) in [5.41, 5.74) is 3.94. The minimum atomic E-state index is -0.295. The number of hydrogen-bond donors (Lipinski definition) is 0. The second-order valence-electron chi connectivity index (χ2n) is 6.96. The quantitative estimate of drug-likeness (QED) is 0.694. The van der Waals surface area contributed by atoms with Crippen LogP contribution in [0.5, 0.6) is 0 Å². The number of aromatic nitrogens is 3. The normalized spacial score (nSPS) is 14.2. The molecule has 2 aromatic heterocycles. The number of hydrogen-bond acceptors (Lipinski definition) is 3. The van der Waals surface area contributed by atoms with Crippen LogP contribution in [0.2, 0.25) is 0 Å². The summed E-state index contributed by atoms with van der Waals surface area (Å²) >= 11 is 0. The minimum Gasteiger partial charge on any atom is -0.383 e. The molecule has 1 aliphatic heterocycles. The van der Waals surface area contributed by atoms with Crippen LogP contribution in [-0.2, 0) is 31.3 Å². The van der Waals surface area contributed by atoms with Crippen LogP contribution in [0.15, 0.2) is 24.5 Å². The molecule has 142 valence electrons. The van der Waals surface area contributed by atoms with Crippen LogP contribution >= 0.6 is 0 Å². The van der Waals surface area contributed by atoms with Crippen molar-refractivity contribution in [2.45, 2.75) is 26.4 Å². The van der Waals surface area contributed by atoms with Crippen molar-refractivity contribution in [3.8, 4) is 0 Å². The molecular formula is C20H23FN4O2. The second-order valence-corrected chi connectivity index (χ2v) is 6.96. The van der Waals surface area contributed by atoms with E-state index in [1.807, 2.05) is 34.1 Å². The Balaban J connectivity index is 1.65. The van der Waals surface area contributed by atoms with Crippen molar-refractivity contribution in [3.05, 3.63) is 53.0 Å². The predicted molar refractivity (Wildman–Crippen MR) is 100 cm³/mol. The Labute approximate surface area is 157 Å². The number of carbonyl (C=O) groups excluding carboxylic acids is 1. The first-order chi connectivity index (χ1) is 13.0. The number of amides is 1. The number of methoxy groups -OCH3 is 1. The topological polar surface area (TPSA) is 52.3 Å². The molecule has 1 amide bonds. The number of rotatable bonds is 5. The van der Waals surface area contributed by atoms with Crippen molar-refractivity contribution in [2.24, 2.45) is 7.05 Å². The number of nitrogens with zero attached hydrogens (tertiary/aromatic N) is 4. The van der Waals surface area contributed by atoms with Crippen LogP contribution in [0, 0.1) is 12.7 Å². The Hall–Kier alpha value is -2.67. The third kappa shape index (κ3) is 2.82. The number of fused-ring (bicyclic) bond motifs is 3. The zero-order chi connectivity index (χ0) is 19.1. The van der Waals surface area contributed by atoms with Crippen molar-refractivity contribution in [1.82, 2.24) is 19.0 Å². The number of benzene rings is 1. The van der Waals surface area contributed by atoms with Gasteiger partial charge in [-0.3, -0.25) is 4.79 Å². The van der Waals surface area contributed by atoms with Gasteiger partial charge in [-0.1, -0.05) is 12.1 Å². The highest BCUT2D eigenvalue weighted by Gasteiger charge is 2.31. The summed E-state index contributed by atoms with van der Waals surface area (Å²) in [5, 5.41) is 0.685. The standard InChI is InChI=1S/C20H23FN4O2/c1-13-16(22-12-25(13)9-10-27-3)11-24-8-7-17-18(20(24)26)14-5-4-6-15(21)19(14)23(17)2/h4-6,12H,7-11H2,1-3H3. The number of halogens is 1. The number of para-hydroxylation sites is 1. The highest BCUT2D eigenvalue weighted by Crippen LogP contribution is 2.32. The first kappa shape index (κ1) is 17.7. The molecule has 0 unspecified atom stereocenters. The number of ether oxygens (including phenoxy) is 1. The van der Waals surface area contributed by atoms with Crippen LogP contribution in [0.3, 0.4) is 0 Å². The highest BCUT2D eigenvalue weighted by molar-refractivity contribution is 6.09. The molecule has 0 bridgehead atoms. The lowest BCUT2D eigenvalue weighted by molar-refractivity contribution is 0.0725. The molecule has 0 spiro atoms. The van der Waals surface area contributed by atoms with Crippen molar-refractivity contribution >= 4 is 16.8 Å². The summed E-state index contributed by atoms with van der Waals surface area (Å²) in [6.45, 7) is 4.41. The van der Waals surface area contributed by atoms with Crippen LogP contribution in [0.4, 0.5) is 4.39 Å². The maximum atomic E-state index is 14.3. The summed E-state index contributed by atoms with van der Waals surface area (Å²) in [6.07, 6.45) is 2.49. The molecule has 6 nitrogen and oxygen atoms in total. The largest absolute Gasteiger partial charge is 0.383 e. The third-order valence-corrected chi connectivity index (χ3v) is 5.48. The molecular weight excluding hydrogens is 347 g/mol. The number of aryl methyl sites for hydroxylation is 1. The Morgan fingerprint density at radius 3 is 2.93 bits per heavy atom. The van der Waals surface area contributed by atoms with E-state index < -0.39 is 0 Å². The van der Waals surface area contributed by atoms with Crippen LogP contribution in [0.1, 0.15) is 27.4 Å². The van der Waals surface area contributed by atoms with Crippen LogP contribution in [-0.4, -0.2) is 45.2 Å². The predicted octanol–water partition coefficient (Wildman–Crippen LogP) is 2.67. The van der Waals surface area contributed by atoms with Gasteiger partial charge in [0.2, 0.25) is 0 Å². The van der Waals surface area contributed by atoms with E-state index in [0.29, 0.717) is 42.6 Å². The van der Waals surface area contributed by atoms with Gasteiger partial charge in [-0.05, 0) is 13.0 Å². The monoisotopic (exact) mass is 370 g/mol. The molecule has 7 heteroatoms. The Kier molecular flexibility index (Phi) is 4.47. The molecule has 0 saturated heterocycles. The lowest BCUT2D eigenvalue weighted by atomic mass is 10.0. The fraction of sp³-hybridized carbons (Fsp3) is 0.400. The van der Waals surface area contributed by atoms with E-state index in [2.05, 4.69) is 4.98 Å². The molecule has 0 atom stereocenters. The first-order valence-electron chi connectivity index (χ1n) is 9.07. The smallest absolute Gasteiger partial charge is 0.256 e. The maximum Gasteiger partial charge on any atom is 0.256 e. The highest BCUT2D eigenvalue weighted by atomic mass is 19.1. The number of carbonyl (C=O) groups is 1. The molecule has 4 rings (SSSR count). The van der Waals surface area contributed by atoms with Gasteiger partial charge in [0.15, 0.2) is 0 Å². The van der Waals surface area contributed by atoms with E-state index in [9.17, 15) is 9.18 Å². The molecule has 1 aliphatic rings. The molecule has 0 radical (unpaired) electrons. The molecule has 27 heavy (non-hydrogen) atoms. The SMILES string of the molecule is COCCn1cnc(CN2CCc3c(c4cccc(F)c4n3C)C2=O)c1C. The van der Waals surface area contributed by atoms with Gasteiger partial charge in [-0.2, -0.15) is 0 Å². The van der Waals surface area contributed by atoms with Crippen molar-refractivity contribution < 1.29 is 13.9 Å². The van der Waals surface area contributed by atoms with Crippen molar-refractivity contribution in [3.63, 3.8) is 0 Å². The van der Waals surface area contributed by atoms with Crippen molar-refractivity contribution in [2.75, 3.05) is 20.3 Å². The fourth-order valence-corrected chi connectivity index (χ4v) is 3.94. The van der Waals surface area contributed by atoms with E-state index in [-0.39, 0.29) is 11.7 Å². The molecule has 3 heterocycles. The lowest BCUT2D eigenvalue weighted by Gasteiger charge is -2.27. The molecule has 0 fully saturated rings. The summed E-state index contributed by atoms with van der Waals surface area (Å²) in [6, 6.07) is 4.92. The van der Waals surface area contributed by atoms with Gasteiger partial charge < -0.3 is 18.8 Å². The average molecular weight is 370 g/mol. The lowest BCUT2D eigenvalue weighted by Crippen LogP contribution is -2.37. The van der Waals surface area contributed by atoms with Gasteiger partial charge in [0.05, 0.1) is 36.3 Å². The van der Waals surface area contributed by atoms with Crippen molar-refractivity contribution in [1.29, 1.82) is 0 Å². The van der Waals surface area contributed by atoms with E-state index >= 15 is 0 Å². The second kappa shape index (κ2) is 6.81. The van der Waals surface area contributed by atoms with Gasteiger partial charge in [0, 0.05) is 50.4 Å². The summed E-state index contributed by atoms with van der Waals surface area (Å²) in [5.74, 6) is -0.352. The maximum absolute atomic E-state index is 14.3. The molecule has 0 N–H and O–H groups in total. The molecule has 1 aromatic carbocycles. The van der Waals surface area contributed by atoms with E-state index in [1.165, 1.54) is 6.07 Å². The van der Waals surface area contributed by atoms with Gasteiger partial charge in [-0.15, -0.1) is 0 Å². The van der Waals surface area contributed by atoms with Gasteiger partial charge in [0.1, 0.15) is 5.82 Å². The van der Waals surface area contributed by atoms with Crippen LogP contribution in [0.25, 0.3) is 10.9 Å². The number of imidazole rings is 1. The van der Waals surface area contributed by atoms with E-state index in [0.717, 1.165) is 23.6 Å².